The summed E-state index contributed by atoms with van der Waals surface area (Å²) in [5.41, 5.74) is -0.380. The third-order valence-electron chi connectivity index (χ3n) is 1.39. The largest absolute Gasteiger partial charge is 1.00 e. The maximum Gasteiger partial charge on any atom is 1.00 e. The molecule has 1 aromatic carbocycles. The molecule has 5 heteroatoms. The number of rotatable bonds is 2. The van der Waals surface area contributed by atoms with E-state index in [2.05, 4.69) is 0 Å². The molecule has 0 amide bonds. The molecule has 0 unspecified atom stereocenters. The van der Waals surface area contributed by atoms with Crippen LogP contribution < -0.4 is 0 Å². The van der Waals surface area contributed by atoms with Crippen molar-refractivity contribution in [3.63, 3.8) is 0 Å². The number of aromatic carboxylic acids is 2. The Morgan fingerprint density at radius 1 is 0.929 bits per heavy atom. The van der Waals surface area contributed by atoms with E-state index in [4.69, 9.17) is 10.2 Å². The number of hydrogen-bond donors (Lipinski definition) is 2. The van der Waals surface area contributed by atoms with Crippen molar-refractivity contribution in [1.29, 1.82) is 0 Å². The summed E-state index contributed by atoms with van der Waals surface area (Å²) in [6.45, 7) is 0. The fraction of sp³-hybridized carbons (Fsp3) is 0. The van der Waals surface area contributed by atoms with Gasteiger partial charge >= 0.3 is 29.0 Å². The Kier molecular flexibility index (Phi) is 6.70. The van der Waals surface area contributed by atoms with Crippen molar-refractivity contribution < 1.29 is 36.9 Å². The molecule has 0 radical (unpaired) electrons. The maximum absolute atomic E-state index is 10.5. The number of hydrogen-bond acceptors (Lipinski definition) is 2. The van der Waals surface area contributed by atoms with E-state index in [1.54, 1.807) is 0 Å². The van der Waals surface area contributed by atoms with Crippen LogP contribution >= 0.6 is 0 Å². The molecular weight excluding hydrogens is 236 g/mol. The smallest absolute Gasteiger partial charge is 0.478 e. The Hall–Kier alpha value is -1.32. The van der Waals surface area contributed by atoms with Crippen molar-refractivity contribution in [3.05, 3.63) is 42.8 Å². The SMILES string of the molecule is O=C(O)c1ccccc1C(=O)O.[CH3-].[Cu+]. The molecule has 0 aliphatic carbocycles. The summed E-state index contributed by atoms with van der Waals surface area (Å²) in [7, 11) is 0. The summed E-state index contributed by atoms with van der Waals surface area (Å²) in [5, 5.41) is 17.1. The van der Waals surface area contributed by atoms with Crippen LogP contribution in [0.5, 0.6) is 0 Å². The van der Waals surface area contributed by atoms with E-state index in [0.29, 0.717) is 0 Å². The monoisotopic (exact) mass is 244 g/mol. The predicted octanol–water partition coefficient (Wildman–Crippen LogP) is 1.53. The molecule has 0 atom stereocenters. The summed E-state index contributed by atoms with van der Waals surface area (Å²) in [6, 6.07) is 5.48. The van der Waals surface area contributed by atoms with Gasteiger partial charge in [-0.05, 0) is 12.1 Å². The van der Waals surface area contributed by atoms with Crippen molar-refractivity contribution in [2.45, 2.75) is 0 Å². The zero-order valence-corrected chi connectivity index (χ0v) is 8.26. The van der Waals surface area contributed by atoms with Crippen LogP contribution in [0, 0.1) is 7.43 Å². The molecule has 0 fully saturated rings. The summed E-state index contributed by atoms with van der Waals surface area (Å²) < 4.78 is 0. The van der Waals surface area contributed by atoms with E-state index in [1.165, 1.54) is 24.3 Å². The van der Waals surface area contributed by atoms with Crippen molar-refractivity contribution in [2.24, 2.45) is 0 Å². The van der Waals surface area contributed by atoms with Crippen LogP contribution in [0.1, 0.15) is 20.7 Å². The predicted molar refractivity (Wildman–Crippen MR) is 46.8 cm³/mol. The minimum absolute atomic E-state index is 0. The molecule has 4 nitrogen and oxygen atoms in total. The first-order valence-corrected chi connectivity index (χ1v) is 3.18. The third-order valence-corrected chi connectivity index (χ3v) is 1.39. The van der Waals surface area contributed by atoms with Gasteiger partial charge in [0, 0.05) is 0 Å². The van der Waals surface area contributed by atoms with Gasteiger partial charge in [0.25, 0.3) is 0 Å². The summed E-state index contributed by atoms with van der Waals surface area (Å²) in [6.07, 6.45) is 0. The Balaban J connectivity index is 0. The Morgan fingerprint density at radius 3 is 1.43 bits per heavy atom. The van der Waals surface area contributed by atoms with E-state index in [-0.39, 0.29) is 35.6 Å². The van der Waals surface area contributed by atoms with Gasteiger partial charge in [0.1, 0.15) is 0 Å². The average Bonchev–Trinajstić information content (AvgIpc) is 2.04. The zero-order valence-electron chi connectivity index (χ0n) is 7.32. The molecular formula is C9H9CuO4. The zero-order chi connectivity index (χ0) is 9.14. The van der Waals surface area contributed by atoms with Gasteiger partial charge in [-0.1, -0.05) is 12.1 Å². The summed E-state index contributed by atoms with van der Waals surface area (Å²) in [4.78, 5) is 20.9. The van der Waals surface area contributed by atoms with Gasteiger partial charge < -0.3 is 17.6 Å². The number of carbonyl (C=O) groups is 2. The third kappa shape index (κ3) is 3.20. The van der Waals surface area contributed by atoms with Gasteiger partial charge in [-0.15, -0.1) is 0 Å². The van der Waals surface area contributed by atoms with Crippen LogP contribution in [0.2, 0.25) is 0 Å². The average molecular weight is 245 g/mol. The standard InChI is InChI=1S/C8H6O4.CH3.Cu/c9-7(10)5-3-1-2-4-6(5)8(11)12;;/h1-4H,(H,9,10)(H,11,12);1H3;/q;-1;+1. The topological polar surface area (TPSA) is 74.6 Å². The van der Waals surface area contributed by atoms with E-state index >= 15 is 0 Å². The molecule has 14 heavy (non-hydrogen) atoms. The fourth-order valence-electron chi connectivity index (χ4n) is 0.856. The van der Waals surface area contributed by atoms with Gasteiger partial charge in [0.15, 0.2) is 0 Å². The molecule has 0 saturated heterocycles. The van der Waals surface area contributed by atoms with Gasteiger partial charge in [-0.2, -0.15) is 0 Å². The molecule has 0 spiro atoms. The van der Waals surface area contributed by atoms with Crippen molar-refractivity contribution in [3.8, 4) is 0 Å². The molecule has 0 aliphatic heterocycles. The summed E-state index contributed by atoms with van der Waals surface area (Å²) >= 11 is 0. The van der Waals surface area contributed by atoms with Crippen molar-refractivity contribution in [2.75, 3.05) is 0 Å². The molecule has 80 valence electrons. The fourth-order valence-corrected chi connectivity index (χ4v) is 0.856. The van der Waals surface area contributed by atoms with E-state index in [1.807, 2.05) is 0 Å². The molecule has 1 aromatic rings. The van der Waals surface area contributed by atoms with Gasteiger partial charge in [0.2, 0.25) is 0 Å². The van der Waals surface area contributed by atoms with Gasteiger partial charge in [0.05, 0.1) is 11.1 Å². The molecule has 0 bridgehead atoms. The quantitative estimate of drug-likeness (QED) is 0.611. The second kappa shape index (κ2) is 6.18. The number of carboxylic acids is 2. The first-order valence-electron chi connectivity index (χ1n) is 3.18. The van der Waals surface area contributed by atoms with Crippen molar-refractivity contribution >= 4 is 11.9 Å². The second-order valence-electron chi connectivity index (χ2n) is 2.16. The minimum Gasteiger partial charge on any atom is -0.478 e. The molecule has 0 saturated carbocycles. The first kappa shape index (κ1) is 15.2. The van der Waals surface area contributed by atoms with Crippen LogP contribution in [0.15, 0.2) is 24.3 Å². The molecule has 0 aliphatic rings. The van der Waals surface area contributed by atoms with Gasteiger partial charge in [-0.25, -0.2) is 9.59 Å². The Morgan fingerprint density at radius 2 is 1.21 bits per heavy atom. The Bertz CT molecular complexity index is 302. The van der Waals surface area contributed by atoms with E-state index < -0.39 is 11.9 Å². The van der Waals surface area contributed by atoms with E-state index in [9.17, 15) is 9.59 Å². The number of carboxylic acid groups (broad SMARTS) is 2. The van der Waals surface area contributed by atoms with Crippen LogP contribution in [0.3, 0.4) is 0 Å². The first-order chi connectivity index (χ1) is 5.63. The second-order valence-corrected chi connectivity index (χ2v) is 2.16. The normalized spacial score (nSPS) is 8.00. The number of benzene rings is 1. The van der Waals surface area contributed by atoms with Crippen LogP contribution in [0.4, 0.5) is 0 Å². The molecule has 0 heterocycles. The minimum atomic E-state index is -1.23. The molecule has 2 N–H and O–H groups in total. The Labute approximate surface area is 92.0 Å². The van der Waals surface area contributed by atoms with Crippen LogP contribution in [-0.4, -0.2) is 22.2 Å². The van der Waals surface area contributed by atoms with Crippen LogP contribution in [0.25, 0.3) is 0 Å². The van der Waals surface area contributed by atoms with E-state index in [0.717, 1.165) is 0 Å². The van der Waals surface area contributed by atoms with Gasteiger partial charge in [-0.3, -0.25) is 0 Å². The molecule has 1 rings (SSSR count). The van der Waals surface area contributed by atoms with Crippen molar-refractivity contribution in [1.82, 2.24) is 0 Å². The molecule has 0 aromatic heterocycles. The maximum atomic E-state index is 10.5. The summed E-state index contributed by atoms with van der Waals surface area (Å²) in [5.74, 6) is -2.46. The van der Waals surface area contributed by atoms with Crippen LogP contribution in [-0.2, 0) is 17.1 Å².